The molecule has 1 heterocycles. The zero-order chi connectivity index (χ0) is 17.2. The van der Waals surface area contributed by atoms with Gasteiger partial charge in [0.1, 0.15) is 11.4 Å². The lowest BCUT2D eigenvalue weighted by Crippen LogP contribution is -2.53. The largest absolute Gasteiger partial charge is 0.507 e. The molecule has 0 unspecified atom stereocenters. The van der Waals surface area contributed by atoms with E-state index >= 15 is 0 Å². The summed E-state index contributed by atoms with van der Waals surface area (Å²) in [4.78, 5) is 36.0. The molecule has 1 aliphatic rings. The Balaban J connectivity index is 2.10. The monoisotopic (exact) mass is 321 g/mol. The van der Waals surface area contributed by atoms with Crippen LogP contribution in [0.1, 0.15) is 30.1 Å². The van der Waals surface area contributed by atoms with E-state index in [-0.39, 0.29) is 43.2 Å². The Morgan fingerprint density at radius 1 is 1.26 bits per heavy atom. The van der Waals surface area contributed by atoms with E-state index in [1.807, 2.05) is 0 Å². The maximum Gasteiger partial charge on any atom is 0.257 e. The number of rotatable bonds is 3. The van der Waals surface area contributed by atoms with Crippen LogP contribution in [0, 0.1) is 0 Å². The van der Waals surface area contributed by atoms with Gasteiger partial charge in [0.2, 0.25) is 11.8 Å². The van der Waals surface area contributed by atoms with Crippen LogP contribution in [0.25, 0.3) is 0 Å². The number of hydrogen-bond donors (Lipinski definition) is 4. The summed E-state index contributed by atoms with van der Waals surface area (Å²) in [5, 5.41) is 22.5. The topological polar surface area (TPSA) is 133 Å². The van der Waals surface area contributed by atoms with Crippen LogP contribution in [-0.4, -0.2) is 51.5 Å². The molecule has 1 aromatic rings. The zero-order valence-electron chi connectivity index (χ0n) is 12.7. The molecular formula is C15H19N3O5. The Bertz CT molecular complexity index is 651. The van der Waals surface area contributed by atoms with Gasteiger partial charge in [-0.3, -0.25) is 14.4 Å². The van der Waals surface area contributed by atoms with E-state index in [0.717, 1.165) is 0 Å². The van der Waals surface area contributed by atoms with Crippen LogP contribution in [0.2, 0.25) is 0 Å². The normalized spacial score (nSPS) is 16.7. The number of carbonyl (C=O) groups is 3. The van der Waals surface area contributed by atoms with Crippen LogP contribution in [-0.2, 0) is 9.59 Å². The minimum absolute atomic E-state index is 0.0544. The lowest BCUT2D eigenvalue weighted by atomic mass is 9.90. The number of piperidine rings is 1. The fraction of sp³-hybridized carbons (Fsp3) is 0.400. The number of phenolic OH excluding ortho intramolecular Hbond substituents is 1. The number of carbonyl (C=O) groups excluding carboxylic acids is 3. The highest BCUT2D eigenvalue weighted by Gasteiger charge is 2.39. The molecule has 0 saturated carbocycles. The van der Waals surface area contributed by atoms with Crippen molar-refractivity contribution in [2.45, 2.75) is 25.4 Å². The van der Waals surface area contributed by atoms with Crippen LogP contribution in [0.15, 0.2) is 18.2 Å². The average molecular weight is 321 g/mol. The van der Waals surface area contributed by atoms with Gasteiger partial charge in [-0.2, -0.15) is 0 Å². The molecule has 124 valence electrons. The number of primary amides is 1. The fourth-order valence-electron chi connectivity index (χ4n) is 2.49. The Morgan fingerprint density at radius 2 is 1.87 bits per heavy atom. The molecule has 1 saturated heterocycles. The molecule has 0 aromatic heterocycles. The number of amides is 3. The molecule has 0 atom stereocenters. The van der Waals surface area contributed by atoms with Crippen molar-refractivity contribution in [3.8, 4) is 5.75 Å². The summed E-state index contributed by atoms with van der Waals surface area (Å²) >= 11 is 0. The molecule has 0 spiro atoms. The number of aliphatic hydroxyl groups is 1. The van der Waals surface area contributed by atoms with Crippen molar-refractivity contribution in [1.82, 2.24) is 4.90 Å². The third kappa shape index (κ3) is 3.59. The summed E-state index contributed by atoms with van der Waals surface area (Å²) in [7, 11) is 0. The van der Waals surface area contributed by atoms with Crippen molar-refractivity contribution >= 4 is 23.4 Å². The van der Waals surface area contributed by atoms with Gasteiger partial charge in [0.05, 0.1) is 5.56 Å². The van der Waals surface area contributed by atoms with Crippen LogP contribution < -0.4 is 11.1 Å². The fourth-order valence-corrected chi connectivity index (χ4v) is 2.49. The van der Waals surface area contributed by atoms with Crippen molar-refractivity contribution in [3.63, 3.8) is 0 Å². The number of phenols is 1. The second kappa shape index (κ2) is 6.25. The molecule has 8 heteroatoms. The number of nitrogens with zero attached hydrogens (tertiary/aromatic N) is 1. The summed E-state index contributed by atoms with van der Waals surface area (Å²) in [6, 6.07) is 4.22. The maximum absolute atomic E-state index is 12.4. The average Bonchev–Trinajstić information content (AvgIpc) is 2.46. The second-order valence-corrected chi connectivity index (χ2v) is 5.60. The number of hydrogen-bond acceptors (Lipinski definition) is 5. The quantitative estimate of drug-likeness (QED) is 0.612. The molecule has 2 rings (SSSR count). The van der Waals surface area contributed by atoms with Crippen molar-refractivity contribution in [2.75, 3.05) is 18.4 Å². The third-order valence-corrected chi connectivity index (χ3v) is 3.88. The van der Waals surface area contributed by atoms with Gasteiger partial charge in [0, 0.05) is 44.6 Å². The van der Waals surface area contributed by atoms with Crippen LogP contribution >= 0.6 is 0 Å². The summed E-state index contributed by atoms with van der Waals surface area (Å²) in [6.45, 7) is 1.65. The maximum atomic E-state index is 12.4. The van der Waals surface area contributed by atoms with Gasteiger partial charge in [-0.15, -0.1) is 0 Å². The first-order valence-electron chi connectivity index (χ1n) is 7.15. The number of likely N-dealkylation sites (tertiary alicyclic amines) is 1. The van der Waals surface area contributed by atoms with Crippen LogP contribution in [0.3, 0.4) is 0 Å². The van der Waals surface area contributed by atoms with Crippen LogP contribution in [0.5, 0.6) is 5.75 Å². The Kier molecular flexibility index (Phi) is 4.55. The molecule has 23 heavy (non-hydrogen) atoms. The van der Waals surface area contributed by atoms with E-state index in [1.165, 1.54) is 30.0 Å². The number of nitrogens with two attached hydrogens (primary N) is 1. The van der Waals surface area contributed by atoms with Gasteiger partial charge in [-0.1, -0.05) is 0 Å². The highest BCUT2D eigenvalue weighted by atomic mass is 16.3. The van der Waals surface area contributed by atoms with Gasteiger partial charge >= 0.3 is 0 Å². The smallest absolute Gasteiger partial charge is 0.257 e. The van der Waals surface area contributed by atoms with Crippen molar-refractivity contribution in [1.29, 1.82) is 0 Å². The molecule has 0 radical (unpaired) electrons. The lowest BCUT2D eigenvalue weighted by Gasteiger charge is -2.36. The number of anilines is 1. The Hall–Kier alpha value is -2.61. The second-order valence-electron chi connectivity index (χ2n) is 5.60. The van der Waals surface area contributed by atoms with Crippen molar-refractivity contribution < 1.29 is 24.6 Å². The van der Waals surface area contributed by atoms with Gasteiger partial charge in [0.15, 0.2) is 0 Å². The van der Waals surface area contributed by atoms with E-state index in [4.69, 9.17) is 5.73 Å². The molecule has 3 amide bonds. The minimum Gasteiger partial charge on any atom is -0.507 e. The van der Waals surface area contributed by atoms with E-state index in [9.17, 15) is 24.6 Å². The molecule has 1 aromatic carbocycles. The van der Waals surface area contributed by atoms with Crippen molar-refractivity contribution in [3.05, 3.63) is 23.8 Å². The predicted octanol–water partition coefficient (Wildman–Crippen LogP) is -0.197. The number of aromatic hydroxyl groups is 1. The number of nitrogens with one attached hydrogen (secondary N) is 1. The molecule has 8 nitrogen and oxygen atoms in total. The van der Waals surface area contributed by atoms with Gasteiger partial charge in [0.25, 0.3) is 5.91 Å². The van der Waals surface area contributed by atoms with E-state index < -0.39 is 17.4 Å². The first-order valence-corrected chi connectivity index (χ1v) is 7.15. The van der Waals surface area contributed by atoms with Crippen LogP contribution in [0.4, 0.5) is 5.69 Å². The highest BCUT2D eigenvalue weighted by molar-refractivity contribution is 5.98. The summed E-state index contributed by atoms with van der Waals surface area (Å²) in [5.74, 6) is -1.75. The highest BCUT2D eigenvalue weighted by Crippen LogP contribution is 2.27. The first-order chi connectivity index (χ1) is 10.7. The standard InChI is InChI=1S/C15H19N3O5/c1-9(19)17-10-2-3-11(12(20)8-10)13(21)18-6-4-15(23,5-7-18)14(16)22/h2-3,8,20,23H,4-7H2,1H3,(H2,16,22)(H,17,19). The zero-order valence-corrected chi connectivity index (χ0v) is 12.7. The minimum atomic E-state index is -1.59. The molecule has 5 N–H and O–H groups in total. The summed E-state index contributed by atoms with van der Waals surface area (Å²) < 4.78 is 0. The predicted molar refractivity (Wildman–Crippen MR) is 81.7 cm³/mol. The third-order valence-electron chi connectivity index (χ3n) is 3.88. The Labute approximate surface area is 132 Å². The molecular weight excluding hydrogens is 302 g/mol. The van der Waals surface area contributed by atoms with E-state index in [2.05, 4.69) is 5.32 Å². The molecule has 1 fully saturated rings. The first kappa shape index (κ1) is 16.8. The summed E-state index contributed by atoms with van der Waals surface area (Å²) in [6.07, 6.45) is 0.109. The SMILES string of the molecule is CC(=O)Nc1ccc(C(=O)N2CCC(O)(C(N)=O)CC2)c(O)c1. The van der Waals surface area contributed by atoms with Gasteiger partial charge in [-0.25, -0.2) is 0 Å². The molecule has 1 aliphatic heterocycles. The summed E-state index contributed by atoms with van der Waals surface area (Å²) in [5.41, 5.74) is 4.03. The van der Waals surface area contributed by atoms with Gasteiger partial charge < -0.3 is 26.2 Å². The van der Waals surface area contributed by atoms with E-state index in [1.54, 1.807) is 0 Å². The Morgan fingerprint density at radius 3 is 2.35 bits per heavy atom. The molecule has 0 bridgehead atoms. The van der Waals surface area contributed by atoms with Crippen molar-refractivity contribution in [2.24, 2.45) is 5.73 Å². The lowest BCUT2D eigenvalue weighted by molar-refractivity contribution is -0.140. The number of benzene rings is 1. The molecule has 0 aliphatic carbocycles. The van der Waals surface area contributed by atoms with E-state index in [0.29, 0.717) is 5.69 Å². The van der Waals surface area contributed by atoms with Gasteiger partial charge in [-0.05, 0) is 12.1 Å².